The number of hydrogen-bond donors (Lipinski definition) is 1. The number of nitrogens with one attached hydrogen (secondary N) is 1. The van der Waals surface area contributed by atoms with Crippen LogP contribution in [0.5, 0.6) is 0 Å². The number of hydrogen-bond acceptors (Lipinski definition) is 7. The van der Waals surface area contributed by atoms with E-state index in [0.29, 0.717) is 6.54 Å². The molecule has 4 heterocycles. The Hall–Kier alpha value is -2.94. The van der Waals surface area contributed by atoms with Crippen molar-refractivity contribution in [2.45, 2.75) is 37.4 Å². The van der Waals surface area contributed by atoms with E-state index in [1.54, 1.807) is 6.26 Å². The Morgan fingerprint density at radius 3 is 2.38 bits per heavy atom. The second kappa shape index (κ2) is 9.68. The SMILES string of the molecule is O=C(CSc1nnc(N2CCCC2)n1Cc1ccco1)Nc1ccc(N2CCCC2)cc1. The third kappa shape index (κ3) is 4.77. The molecule has 2 fully saturated rings. The minimum Gasteiger partial charge on any atom is -0.467 e. The van der Waals surface area contributed by atoms with E-state index in [1.165, 1.54) is 30.3 Å². The molecule has 2 saturated heterocycles. The smallest absolute Gasteiger partial charge is 0.234 e. The molecule has 2 aliphatic rings. The molecule has 0 spiro atoms. The molecule has 0 bridgehead atoms. The van der Waals surface area contributed by atoms with E-state index in [2.05, 4.69) is 37.4 Å². The highest BCUT2D eigenvalue weighted by atomic mass is 32.2. The van der Waals surface area contributed by atoms with Crippen LogP contribution in [-0.2, 0) is 11.3 Å². The van der Waals surface area contributed by atoms with E-state index in [9.17, 15) is 4.79 Å². The number of thioether (sulfide) groups is 1. The lowest BCUT2D eigenvalue weighted by molar-refractivity contribution is -0.113. The fourth-order valence-electron chi connectivity index (χ4n) is 4.29. The van der Waals surface area contributed by atoms with Crippen LogP contribution in [0.4, 0.5) is 17.3 Å². The largest absolute Gasteiger partial charge is 0.467 e. The van der Waals surface area contributed by atoms with Gasteiger partial charge in [0.25, 0.3) is 0 Å². The lowest BCUT2D eigenvalue weighted by Gasteiger charge is -2.18. The van der Waals surface area contributed by atoms with Gasteiger partial charge in [-0.3, -0.25) is 9.36 Å². The van der Waals surface area contributed by atoms with Crippen molar-refractivity contribution in [3.8, 4) is 0 Å². The highest BCUT2D eigenvalue weighted by Gasteiger charge is 2.22. The summed E-state index contributed by atoms with van der Waals surface area (Å²) < 4.78 is 7.59. The van der Waals surface area contributed by atoms with Crippen LogP contribution in [0.15, 0.2) is 52.2 Å². The molecule has 0 radical (unpaired) electrons. The first-order chi connectivity index (χ1) is 15.8. The highest BCUT2D eigenvalue weighted by Crippen LogP contribution is 2.26. The Morgan fingerprint density at radius 1 is 0.969 bits per heavy atom. The zero-order valence-corrected chi connectivity index (χ0v) is 18.9. The third-order valence-electron chi connectivity index (χ3n) is 5.93. The molecule has 8 nitrogen and oxygen atoms in total. The van der Waals surface area contributed by atoms with Gasteiger partial charge >= 0.3 is 0 Å². The number of anilines is 3. The van der Waals surface area contributed by atoms with Gasteiger partial charge in [-0.2, -0.15) is 0 Å². The van der Waals surface area contributed by atoms with Gasteiger partial charge in [0.15, 0.2) is 5.16 Å². The van der Waals surface area contributed by atoms with Crippen molar-refractivity contribution in [1.29, 1.82) is 0 Å². The quantitative estimate of drug-likeness (QED) is 0.520. The standard InChI is InChI=1S/C23H28N6O2S/c30-21(24-18-7-9-19(10-8-18)27-11-1-2-12-27)17-32-23-26-25-22(28-13-3-4-14-28)29(23)16-20-6-5-15-31-20/h5-10,15H,1-4,11-14,16-17H2,(H,24,30). The summed E-state index contributed by atoms with van der Waals surface area (Å²) in [6.45, 7) is 4.73. The van der Waals surface area contributed by atoms with Gasteiger partial charge in [0.05, 0.1) is 18.6 Å². The first-order valence-electron chi connectivity index (χ1n) is 11.2. The van der Waals surface area contributed by atoms with Gasteiger partial charge in [-0.05, 0) is 62.1 Å². The number of benzene rings is 1. The summed E-state index contributed by atoms with van der Waals surface area (Å²) >= 11 is 1.40. The molecule has 9 heteroatoms. The minimum absolute atomic E-state index is 0.0563. The number of carbonyl (C=O) groups is 1. The molecule has 0 atom stereocenters. The molecule has 2 aromatic heterocycles. The van der Waals surface area contributed by atoms with E-state index in [1.807, 2.05) is 28.8 Å². The highest BCUT2D eigenvalue weighted by molar-refractivity contribution is 7.99. The van der Waals surface area contributed by atoms with Crippen LogP contribution >= 0.6 is 11.8 Å². The monoisotopic (exact) mass is 452 g/mol. The fourth-order valence-corrected chi connectivity index (χ4v) is 5.03. The van der Waals surface area contributed by atoms with Gasteiger partial charge in [-0.25, -0.2) is 0 Å². The van der Waals surface area contributed by atoms with Crippen LogP contribution in [0.2, 0.25) is 0 Å². The molecule has 0 unspecified atom stereocenters. The third-order valence-corrected chi connectivity index (χ3v) is 6.90. The van der Waals surface area contributed by atoms with Crippen LogP contribution in [0.25, 0.3) is 0 Å². The average molecular weight is 453 g/mol. The molecule has 32 heavy (non-hydrogen) atoms. The van der Waals surface area contributed by atoms with Gasteiger partial charge in [-0.1, -0.05) is 11.8 Å². The first-order valence-corrected chi connectivity index (χ1v) is 12.2. The number of amides is 1. The summed E-state index contributed by atoms with van der Waals surface area (Å²) in [6, 6.07) is 11.9. The van der Waals surface area contributed by atoms with Crippen LogP contribution in [-0.4, -0.2) is 52.6 Å². The predicted octanol–water partition coefficient (Wildman–Crippen LogP) is 3.85. The molecule has 1 amide bonds. The van der Waals surface area contributed by atoms with Crippen LogP contribution in [0.3, 0.4) is 0 Å². The Bertz CT molecular complexity index is 1020. The molecule has 1 aromatic carbocycles. The Morgan fingerprint density at radius 2 is 1.69 bits per heavy atom. The first kappa shape index (κ1) is 20.9. The second-order valence-electron chi connectivity index (χ2n) is 8.22. The number of carbonyl (C=O) groups excluding carboxylic acids is 1. The minimum atomic E-state index is -0.0563. The van der Waals surface area contributed by atoms with Crippen molar-refractivity contribution >= 4 is 35.0 Å². The van der Waals surface area contributed by atoms with E-state index in [0.717, 1.165) is 61.6 Å². The number of aromatic nitrogens is 3. The second-order valence-corrected chi connectivity index (χ2v) is 9.16. The molecule has 5 rings (SSSR count). The predicted molar refractivity (Wildman–Crippen MR) is 127 cm³/mol. The van der Waals surface area contributed by atoms with Gasteiger partial charge in [0.1, 0.15) is 5.76 Å². The van der Waals surface area contributed by atoms with E-state index in [-0.39, 0.29) is 11.7 Å². The van der Waals surface area contributed by atoms with Crippen molar-refractivity contribution in [2.75, 3.05) is 47.0 Å². The Balaban J connectivity index is 1.22. The van der Waals surface area contributed by atoms with Gasteiger partial charge in [0.2, 0.25) is 11.9 Å². The maximum absolute atomic E-state index is 12.6. The van der Waals surface area contributed by atoms with Gasteiger partial charge in [-0.15, -0.1) is 10.2 Å². The van der Waals surface area contributed by atoms with Crippen LogP contribution < -0.4 is 15.1 Å². The molecule has 1 N–H and O–H groups in total. The fraction of sp³-hybridized carbons (Fsp3) is 0.435. The molecule has 3 aromatic rings. The summed E-state index contributed by atoms with van der Waals surface area (Å²) in [5.41, 5.74) is 2.03. The van der Waals surface area contributed by atoms with E-state index in [4.69, 9.17) is 4.42 Å². The lowest BCUT2D eigenvalue weighted by atomic mass is 10.2. The lowest BCUT2D eigenvalue weighted by Crippen LogP contribution is -2.23. The summed E-state index contributed by atoms with van der Waals surface area (Å²) in [4.78, 5) is 17.2. The molecular formula is C23H28N6O2S. The number of furan rings is 1. The van der Waals surface area contributed by atoms with Crippen molar-refractivity contribution in [3.63, 3.8) is 0 Å². The van der Waals surface area contributed by atoms with Gasteiger partial charge < -0.3 is 19.5 Å². The molecule has 0 aliphatic carbocycles. The number of rotatable bonds is 8. The van der Waals surface area contributed by atoms with E-state index < -0.39 is 0 Å². The number of nitrogens with zero attached hydrogens (tertiary/aromatic N) is 5. The summed E-state index contributed by atoms with van der Waals surface area (Å²) in [5, 5.41) is 12.5. The van der Waals surface area contributed by atoms with Crippen molar-refractivity contribution in [3.05, 3.63) is 48.4 Å². The zero-order valence-electron chi connectivity index (χ0n) is 18.1. The summed E-state index contributed by atoms with van der Waals surface area (Å²) in [5.74, 6) is 1.90. The summed E-state index contributed by atoms with van der Waals surface area (Å²) in [7, 11) is 0. The Kier molecular flexibility index (Phi) is 6.34. The molecule has 2 aliphatic heterocycles. The van der Waals surface area contributed by atoms with Gasteiger partial charge in [0, 0.05) is 37.6 Å². The van der Waals surface area contributed by atoms with Crippen molar-refractivity contribution in [1.82, 2.24) is 14.8 Å². The average Bonchev–Trinajstić information content (AvgIpc) is 3.62. The molecule has 0 saturated carbocycles. The van der Waals surface area contributed by atoms with Crippen molar-refractivity contribution in [2.24, 2.45) is 0 Å². The molecular weight excluding hydrogens is 424 g/mol. The van der Waals surface area contributed by atoms with Crippen LogP contribution in [0.1, 0.15) is 31.4 Å². The Labute approximate surface area is 192 Å². The maximum Gasteiger partial charge on any atom is 0.234 e. The van der Waals surface area contributed by atoms with Crippen molar-refractivity contribution < 1.29 is 9.21 Å². The molecule has 168 valence electrons. The van der Waals surface area contributed by atoms with Crippen LogP contribution in [0, 0.1) is 0 Å². The maximum atomic E-state index is 12.6. The van der Waals surface area contributed by atoms with E-state index >= 15 is 0 Å². The normalized spacial score (nSPS) is 16.1. The zero-order chi connectivity index (χ0) is 21.8. The topological polar surface area (TPSA) is 79.4 Å². The summed E-state index contributed by atoms with van der Waals surface area (Å²) in [6.07, 6.45) is 6.49.